The van der Waals surface area contributed by atoms with Gasteiger partial charge in [0.1, 0.15) is 41.0 Å². The number of aromatic amines is 6. The van der Waals surface area contributed by atoms with E-state index in [1.54, 1.807) is 33.0 Å². The number of ether oxygens (including phenoxy) is 6. The second-order valence-electron chi connectivity index (χ2n) is 31.1. The van der Waals surface area contributed by atoms with Crippen molar-refractivity contribution in [3.05, 3.63) is 326 Å². The molecule has 0 unspecified atom stereocenters. The number of H-pyrrole nitrogens is 6. The van der Waals surface area contributed by atoms with Crippen LogP contribution in [0.4, 0.5) is 11.4 Å². The van der Waals surface area contributed by atoms with Gasteiger partial charge in [-0.3, -0.25) is 14.4 Å². The van der Waals surface area contributed by atoms with E-state index in [1.165, 1.54) is 12.7 Å². The van der Waals surface area contributed by atoms with Crippen molar-refractivity contribution >= 4 is 110 Å². The molecule has 23 nitrogen and oxygen atoms in total. The van der Waals surface area contributed by atoms with Crippen molar-refractivity contribution in [1.82, 2.24) is 39.0 Å². The van der Waals surface area contributed by atoms with Gasteiger partial charge in [-0.2, -0.15) is 0 Å². The number of allylic oxidation sites excluding steroid dienone is 2. The number of aryl methyl sites for hydroxylation is 7. The molecule has 0 atom stereocenters. The van der Waals surface area contributed by atoms with Crippen LogP contribution in [0.1, 0.15) is 112 Å². The average Bonchev–Trinajstić information content (AvgIpc) is 1.65. The van der Waals surface area contributed by atoms with Crippen LogP contribution in [0.5, 0.6) is 11.5 Å². The van der Waals surface area contributed by atoms with E-state index in [-0.39, 0.29) is 25.2 Å². The van der Waals surface area contributed by atoms with Gasteiger partial charge in [0.2, 0.25) is 0 Å². The molecular weight excluding hydrogens is 1520 g/mol. The Morgan fingerprint density at radius 1 is 0.496 bits per heavy atom. The van der Waals surface area contributed by atoms with Crippen molar-refractivity contribution in [2.45, 2.75) is 102 Å². The molecule has 0 saturated carbocycles. The standard InChI is InChI=1S/C26H24N4O.C26H29N3O3.C24H25N3O3.C22H21N3O3/c1-16-12-17(2)27-22(16)14-25-24(28-19-8-10-20(31-3)11-9-19)15-26(30-25)23-13-18-6-4-5-7-21(18)29-23;1-16-11-17(2)27-19(16)13-21-24(31-6)14-20(28-21)23-12-18-9-7-8-10-22(18)29(23)15-32-25(30)26(3,4)5;1-14-17(9-10-24(28)30-4)15(2)25-19(14)12-22-23(29-3)13-21(27-22)20-11-16-7-5-6-8-18(16)26-20;1-13-8-14(2)23-16(13)10-18-21(28-3)11-17(24-18)20-9-15-6-4-5-7-19(15)25(20)12-22(26)27/h4-15,27-28,30H,1-3H3;7-14,27H,15H2,1-6H3;5-8,11-13,25,27H,9-10H2,1-4H3;4-11,23H,12H2,1-3H3,(H,26,27)/b25-14-,26-23?;21-13-;21-20?,22-12-;18-10-. The fraction of sp³-hybridized carbons (Fsp3) is 0.214. The van der Waals surface area contributed by atoms with Crippen molar-refractivity contribution in [3.63, 3.8) is 0 Å². The number of aliphatic carboxylic acids is 1. The van der Waals surface area contributed by atoms with Crippen LogP contribution in [0, 0.1) is 60.8 Å². The molecule has 4 aliphatic heterocycles. The molecule has 0 spiro atoms. The minimum absolute atomic E-state index is 0.113. The van der Waals surface area contributed by atoms with Crippen LogP contribution in [-0.2, 0) is 53.0 Å². The highest BCUT2D eigenvalue weighted by Crippen LogP contribution is 2.33. The number of fused-ring (bicyclic) bond motifs is 4. The summed E-state index contributed by atoms with van der Waals surface area (Å²) in [6, 6.07) is 54.3. The van der Waals surface area contributed by atoms with Crippen molar-refractivity contribution in [2.24, 2.45) is 25.4 Å². The summed E-state index contributed by atoms with van der Waals surface area (Å²) in [4.78, 5) is 75.0. The van der Waals surface area contributed by atoms with Crippen LogP contribution in [-0.4, -0.2) is 109 Å². The van der Waals surface area contributed by atoms with E-state index >= 15 is 0 Å². The lowest BCUT2D eigenvalue weighted by Gasteiger charge is -2.18. The molecule has 8 N–H and O–H groups in total. The first-order chi connectivity index (χ1) is 58.2. The lowest BCUT2D eigenvalue weighted by atomic mass is 9.98. The van der Waals surface area contributed by atoms with Gasteiger partial charge in [0.05, 0.1) is 118 Å². The van der Waals surface area contributed by atoms with E-state index in [0.29, 0.717) is 35.8 Å². The van der Waals surface area contributed by atoms with Crippen molar-refractivity contribution in [3.8, 4) is 11.5 Å². The van der Waals surface area contributed by atoms with Gasteiger partial charge in [-0.25, -0.2) is 20.0 Å². The van der Waals surface area contributed by atoms with Crippen molar-refractivity contribution in [2.75, 3.05) is 40.9 Å². The number of benzene rings is 5. The Labute approximate surface area is 699 Å². The van der Waals surface area contributed by atoms with Gasteiger partial charge in [-0.05, 0) is 232 Å². The summed E-state index contributed by atoms with van der Waals surface area (Å²) in [6.45, 7) is 21.9. The fourth-order valence-electron chi connectivity index (χ4n) is 15.0. The maximum atomic E-state index is 12.4. The Kier molecular flexibility index (Phi) is 24.5. The number of hydrogen-bond acceptors (Lipinski definition) is 14. The van der Waals surface area contributed by atoms with E-state index < -0.39 is 11.4 Å². The summed E-state index contributed by atoms with van der Waals surface area (Å²) in [5.74, 6) is 1.57. The van der Waals surface area contributed by atoms with Gasteiger partial charge < -0.3 is 77.9 Å². The highest BCUT2D eigenvalue weighted by molar-refractivity contribution is 6.14. The van der Waals surface area contributed by atoms with E-state index in [2.05, 4.69) is 124 Å². The van der Waals surface area contributed by atoms with Gasteiger partial charge in [-0.1, -0.05) is 72.8 Å². The quantitative estimate of drug-likeness (QED) is 0.0352. The highest BCUT2D eigenvalue weighted by atomic mass is 16.5. The number of anilines is 2. The van der Waals surface area contributed by atoms with Gasteiger partial charge in [0.15, 0.2) is 6.73 Å². The summed E-state index contributed by atoms with van der Waals surface area (Å²) in [5.41, 5.74) is 23.7. The summed E-state index contributed by atoms with van der Waals surface area (Å²) in [7, 11) is 8.00. The molecule has 616 valence electrons. The van der Waals surface area contributed by atoms with Crippen LogP contribution >= 0.6 is 0 Å². The first-order valence-electron chi connectivity index (χ1n) is 39.8. The minimum atomic E-state index is -0.898. The van der Waals surface area contributed by atoms with Crippen LogP contribution in [0.15, 0.2) is 219 Å². The van der Waals surface area contributed by atoms with Crippen molar-refractivity contribution < 1.29 is 47.9 Å². The summed E-state index contributed by atoms with van der Waals surface area (Å²) in [6.07, 6.45) is 17.1. The van der Waals surface area contributed by atoms with Crippen LogP contribution in [0.2, 0.25) is 0 Å². The molecule has 4 aliphatic rings. The first kappa shape index (κ1) is 82.9. The maximum Gasteiger partial charge on any atom is 0.323 e. The number of rotatable bonds is 19. The van der Waals surface area contributed by atoms with E-state index in [1.807, 2.05) is 205 Å². The monoisotopic (exact) mass is 1620 g/mol. The number of carbonyl (C=O) groups is 3. The second kappa shape index (κ2) is 35.7. The number of carbonyl (C=O) groups excluding carboxylic acids is 2. The zero-order valence-corrected chi connectivity index (χ0v) is 70.8. The number of hydrogen-bond donors (Lipinski definition) is 8. The molecule has 8 aromatic heterocycles. The van der Waals surface area contributed by atoms with Gasteiger partial charge in [0.25, 0.3) is 0 Å². The lowest BCUT2D eigenvalue weighted by Crippen LogP contribution is -2.24. The van der Waals surface area contributed by atoms with Crippen LogP contribution in [0.25, 0.3) is 69.7 Å². The van der Waals surface area contributed by atoms with E-state index in [4.69, 9.17) is 48.4 Å². The molecule has 0 bridgehead atoms. The molecule has 13 aromatic rings. The zero-order chi connectivity index (χ0) is 85.5. The predicted molar refractivity (Wildman–Crippen MR) is 478 cm³/mol. The summed E-state index contributed by atoms with van der Waals surface area (Å²) < 4.78 is 36.2. The summed E-state index contributed by atoms with van der Waals surface area (Å²) in [5, 5.41) is 22.9. The zero-order valence-electron chi connectivity index (χ0n) is 70.8. The summed E-state index contributed by atoms with van der Waals surface area (Å²) >= 11 is 0. The molecule has 0 radical (unpaired) electrons. The third-order valence-corrected chi connectivity index (χ3v) is 21.2. The van der Waals surface area contributed by atoms with Gasteiger partial charge in [-0.15, -0.1) is 0 Å². The topological polar surface area (TPSA) is 293 Å². The molecule has 0 fully saturated rings. The highest BCUT2D eigenvalue weighted by Gasteiger charge is 2.27. The van der Waals surface area contributed by atoms with Gasteiger partial charge in [0, 0.05) is 103 Å². The Bertz CT molecular complexity index is 6910. The maximum absolute atomic E-state index is 12.4. The second-order valence-corrected chi connectivity index (χ2v) is 31.1. The smallest absolute Gasteiger partial charge is 0.323 e. The molecule has 17 rings (SSSR count). The number of para-hydroxylation sites is 4. The normalized spacial score (nSPS) is 15.0. The van der Waals surface area contributed by atoms with Gasteiger partial charge >= 0.3 is 17.9 Å². The Hall–Kier alpha value is -14.6. The Balaban J connectivity index is 0.000000132. The molecule has 0 aliphatic carbocycles. The number of carboxylic acid groups (broad SMARTS) is 1. The first-order valence-corrected chi connectivity index (χ1v) is 39.8. The molecule has 23 heteroatoms. The number of aliphatic imine (C=N–C) groups is 2. The van der Waals surface area contributed by atoms with Crippen molar-refractivity contribution in [1.29, 1.82) is 0 Å². The molecular formula is C98H99N13O10. The third kappa shape index (κ3) is 18.7. The molecule has 12 heterocycles. The number of nitrogens with zero attached hydrogens (tertiary/aromatic N) is 6. The van der Waals surface area contributed by atoms with Crippen LogP contribution in [0.3, 0.4) is 0 Å². The Morgan fingerprint density at radius 3 is 1.47 bits per heavy atom. The number of nitrogens with one attached hydrogen (secondary N) is 7. The number of aromatic nitrogens is 8. The lowest BCUT2D eigenvalue weighted by molar-refractivity contribution is -0.156. The number of methoxy groups -OCH3 is 5. The van der Waals surface area contributed by atoms with E-state index in [9.17, 15) is 19.5 Å². The van der Waals surface area contributed by atoms with Crippen LogP contribution < -0.4 is 57.3 Å². The largest absolute Gasteiger partial charge is 0.497 e. The number of esters is 2. The average molecular weight is 1620 g/mol. The third-order valence-electron chi connectivity index (χ3n) is 21.2. The number of carboxylic acids is 1. The Morgan fingerprint density at radius 2 is 0.983 bits per heavy atom. The molecule has 121 heavy (non-hydrogen) atoms. The predicted octanol–water partition coefficient (Wildman–Crippen LogP) is 13.4. The molecule has 0 amide bonds. The molecule has 5 aromatic carbocycles. The minimum Gasteiger partial charge on any atom is -0.497 e. The molecule has 0 saturated heterocycles. The SMILES string of the molecule is COC(=O)CCc1c(C)[nH]c(/C=c2\[nH]c(=C3C=c4ccccc4=N3)cc2OC)c1C.COC1=CC(c2cc3ccccc3n2CC(=O)O)=N/C1=C\c1[nH]c(C)cc1C.COC1=CC(c2cc3ccccc3n2COC(=O)C(C)(C)C)=N/C1=C\c1[nH]c(C)cc1C.COc1ccc(Nc2cc(=C3C=c4ccccc4=N3)[nH]/c2=C\c2[nH]c(C)cc2C)cc1. The van der Waals surface area contributed by atoms with E-state index in [0.717, 1.165) is 189 Å². The fourth-order valence-corrected chi connectivity index (χ4v) is 15.0.